The molecule has 0 bridgehead atoms. The lowest BCUT2D eigenvalue weighted by Crippen LogP contribution is -2.30. The van der Waals surface area contributed by atoms with Crippen LogP contribution in [-0.4, -0.2) is 4.98 Å². The van der Waals surface area contributed by atoms with Gasteiger partial charge in [-0.15, -0.1) is 0 Å². The lowest BCUT2D eigenvalue weighted by molar-refractivity contribution is 0.536. The van der Waals surface area contributed by atoms with E-state index in [2.05, 4.69) is 58.4 Å². The minimum atomic E-state index is -0.00299. The van der Waals surface area contributed by atoms with E-state index >= 15 is 0 Å². The van der Waals surface area contributed by atoms with Gasteiger partial charge in [0.1, 0.15) is 0 Å². The van der Waals surface area contributed by atoms with E-state index in [0.29, 0.717) is 0 Å². The van der Waals surface area contributed by atoms with E-state index in [4.69, 9.17) is 5.84 Å². The summed E-state index contributed by atoms with van der Waals surface area (Å²) in [7, 11) is 0. The molecule has 100 valence electrons. The number of hydrazine groups is 1. The maximum absolute atomic E-state index is 5.69. The van der Waals surface area contributed by atoms with E-state index in [1.54, 1.807) is 6.20 Å². The second kappa shape index (κ2) is 6.28. The Morgan fingerprint density at radius 1 is 1.26 bits per heavy atom. The van der Waals surface area contributed by atoms with Crippen LogP contribution in [-0.2, 0) is 6.42 Å². The summed E-state index contributed by atoms with van der Waals surface area (Å²) >= 11 is 3.52. The highest BCUT2D eigenvalue weighted by atomic mass is 79.9. The summed E-state index contributed by atoms with van der Waals surface area (Å²) in [4.78, 5) is 4.40. The van der Waals surface area contributed by atoms with Gasteiger partial charge in [-0.25, -0.2) is 0 Å². The maximum Gasteiger partial charge on any atom is 0.0731 e. The summed E-state index contributed by atoms with van der Waals surface area (Å²) in [5.41, 5.74) is 7.59. The van der Waals surface area contributed by atoms with Crippen molar-refractivity contribution in [3.8, 4) is 0 Å². The highest BCUT2D eigenvalue weighted by molar-refractivity contribution is 9.10. The molecule has 1 aromatic heterocycles. The minimum Gasteiger partial charge on any atom is -0.271 e. The first-order chi connectivity index (χ1) is 9.10. The van der Waals surface area contributed by atoms with Crippen molar-refractivity contribution in [1.82, 2.24) is 10.4 Å². The van der Waals surface area contributed by atoms with Gasteiger partial charge in [-0.1, -0.05) is 29.3 Å². The molecule has 0 amide bonds. The first kappa shape index (κ1) is 14.2. The van der Waals surface area contributed by atoms with E-state index in [9.17, 15) is 0 Å². The monoisotopic (exact) mass is 319 g/mol. The van der Waals surface area contributed by atoms with E-state index < -0.39 is 0 Å². The van der Waals surface area contributed by atoms with Crippen LogP contribution < -0.4 is 11.3 Å². The van der Waals surface area contributed by atoms with Gasteiger partial charge >= 0.3 is 0 Å². The second-order valence-electron chi connectivity index (χ2n) is 4.79. The van der Waals surface area contributed by atoms with Crippen LogP contribution in [0, 0.1) is 13.8 Å². The van der Waals surface area contributed by atoms with Crippen LogP contribution in [0.1, 0.15) is 28.4 Å². The number of rotatable bonds is 4. The molecule has 19 heavy (non-hydrogen) atoms. The van der Waals surface area contributed by atoms with E-state index in [1.165, 1.54) is 16.7 Å². The van der Waals surface area contributed by atoms with Gasteiger partial charge in [-0.2, -0.15) is 0 Å². The average molecular weight is 320 g/mol. The molecule has 0 aliphatic heterocycles. The third-order valence-electron chi connectivity index (χ3n) is 3.04. The molecular formula is C15H18BrN3. The number of hydrogen-bond donors (Lipinski definition) is 2. The Bertz CT molecular complexity index is 549. The molecular weight excluding hydrogens is 302 g/mol. The molecule has 0 saturated heterocycles. The average Bonchev–Trinajstić information content (AvgIpc) is 2.36. The van der Waals surface area contributed by atoms with Crippen molar-refractivity contribution in [2.24, 2.45) is 5.84 Å². The smallest absolute Gasteiger partial charge is 0.0731 e. The van der Waals surface area contributed by atoms with E-state index in [0.717, 1.165) is 16.6 Å². The lowest BCUT2D eigenvalue weighted by atomic mass is 9.99. The number of nitrogens with one attached hydrogen (secondary N) is 1. The summed E-state index contributed by atoms with van der Waals surface area (Å²) in [5, 5.41) is 0. The largest absolute Gasteiger partial charge is 0.271 e. The summed E-state index contributed by atoms with van der Waals surface area (Å²) < 4.78 is 0.974. The Morgan fingerprint density at radius 3 is 2.53 bits per heavy atom. The fourth-order valence-corrected chi connectivity index (χ4v) is 2.84. The Morgan fingerprint density at radius 2 is 1.95 bits per heavy atom. The minimum absolute atomic E-state index is 0.00299. The van der Waals surface area contributed by atoms with Gasteiger partial charge < -0.3 is 0 Å². The molecule has 2 aromatic rings. The van der Waals surface area contributed by atoms with Gasteiger partial charge in [0.2, 0.25) is 0 Å². The summed E-state index contributed by atoms with van der Waals surface area (Å²) in [6.45, 7) is 4.22. The van der Waals surface area contributed by atoms with Gasteiger partial charge in [0.15, 0.2) is 0 Å². The molecule has 0 aliphatic rings. The van der Waals surface area contributed by atoms with Crippen LogP contribution in [0.25, 0.3) is 0 Å². The van der Waals surface area contributed by atoms with Crippen molar-refractivity contribution in [1.29, 1.82) is 0 Å². The van der Waals surface area contributed by atoms with Gasteiger partial charge in [0.05, 0.1) is 11.7 Å². The van der Waals surface area contributed by atoms with Crippen molar-refractivity contribution in [2.45, 2.75) is 26.3 Å². The third-order valence-corrected chi connectivity index (χ3v) is 3.71. The molecule has 0 fully saturated rings. The van der Waals surface area contributed by atoms with Crippen molar-refractivity contribution in [3.05, 3.63) is 63.4 Å². The fraction of sp³-hybridized carbons (Fsp3) is 0.267. The second-order valence-corrected chi connectivity index (χ2v) is 5.64. The molecule has 3 N–H and O–H groups in total. The van der Waals surface area contributed by atoms with Crippen molar-refractivity contribution < 1.29 is 0 Å². The van der Waals surface area contributed by atoms with Gasteiger partial charge in [0, 0.05) is 10.7 Å². The topological polar surface area (TPSA) is 50.9 Å². The molecule has 0 aliphatic carbocycles. The molecule has 3 nitrogen and oxygen atoms in total. The maximum atomic E-state index is 5.69. The number of hydrogen-bond acceptors (Lipinski definition) is 3. The zero-order chi connectivity index (χ0) is 13.8. The third kappa shape index (κ3) is 3.62. The van der Waals surface area contributed by atoms with Crippen molar-refractivity contribution in [2.75, 3.05) is 0 Å². The van der Waals surface area contributed by atoms with Crippen molar-refractivity contribution >= 4 is 15.9 Å². The normalized spacial score (nSPS) is 12.4. The number of halogens is 1. The number of nitrogens with two attached hydrogens (primary N) is 1. The van der Waals surface area contributed by atoms with Gasteiger partial charge in [-0.3, -0.25) is 16.3 Å². The van der Waals surface area contributed by atoms with Crippen molar-refractivity contribution in [3.63, 3.8) is 0 Å². The Hall–Kier alpha value is -1.23. The molecule has 1 aromatic carbocycles. The van der Waals surface area contributed by atoms with Crippen LogP contribution in [0.2, 0.25) is 0 Å². The van der Waals surface area contributed by atoms with Crippen LogP contribution in [0.5, 0.6) is 0 Å². The number of aromatic nitrogens is 1. The van der Waals surface area contributed by atoms with E-state index in [-0.39, 0.29) is 6.04 Å². The number of benzene rings is 1. The highest BCUT2D eigenvalue weighted by Crippen LogP contribution is 2.24. The zero-order valence-electron chi connectivity index (χ0n) is 11.2. The predicted molar refractivity (Wildman–Crippen MR) is 81.6 cm³/mol. The standard InChI is InChI=1S/C15H18BrN3/c1-10-6-11(2)8-12(7-10)9-14(19-17)15-13(16)4-3-5-18-15/h3-8,14,19H,9,17H2,1-2H3. The zero-order valence-corrected chi connectivity index (χ0v) is 12.7. The van der Waals surface area contributed by atoms with Crippen LogP contribution in [0.15, 0.2) is 41.0 Å². The summed E-state index contributed by atoms with van der Waals surface area (Å²) in [5.74, 6) is 5.69. The first-order valence-corrected chi connectivity index (χ1v) is 7.03. The molecule has 0 spiro atoms. The molecule has 1 heterocycles. The fourth-order valence-electron chi connectivity index (χ4n) is 2.31. The SMILES string of the molecule is Cc1cc(C)cc(CC(NN)c2ncccc2Br)c1. The van der Waals surface area contributed by atoms with Crippen LogP contribution in [0.4, 0.5) is 0 Å². The molecule has 2 rings (SSSR count). The highest BCUT2D eigenvalue weighted by Gasteiger charge is 2.15. The molecule has 4 heteroatoms. The van der Waals surface area contributed by atoms with Crippen LogP contribution >= 0.6 is 15.9 Å². The molecule has 0 saturated carbocycles. The summed E-state index contributed by atoms with van der Waals surface area (Å²) in [6, 6.07) is 10.4. The van der Waals surface area contributed by atoms with E-state index in [1.807, 2.05) is 12.1 Å². The molecule has 1 unspecified atom stereocenters. The molecule has 1 atom stereocenters. The quantitative estimate of drug-likeness (QED) is 0.672. The first-order valence-electron chi connectivity index (χ1n) is 6.24. The predicted octanol–water partition coefficient (Wildman–Crippen LogP) is 3.21. The Kier molecular flexibility index (Phi) is 4.69. The van der Waals surface area contributed by atoms with Crippen LogP contribution in [0.3, 0.4) is 0 Å². The Balaban J connectivity index is 2.26. The summed E-state index contributed by atoms with van der Waals surface area (Å²) in [6.07, 6.45) is 2.60. The number of nitrogens with zero attached hydrogens (tertiary/aromatic N) is 1. The number of aryl methyl sites for hydroxylation is 2. The van der Waals surface area contributed by atoms with Gasteiger partial charge in [-0.05, 0) is 53.9 Å². The van der Waals surface area contributed by atoms with Gasteiger partial charge in [0.25, 0.3) is 0 Å². The molecule has 0 radical (unpaired) electrons. The lowest BCUT2D eigenvalue weighted by Gasteiger charge is -2.17. The number of pyridine rings is 1. The Labute approximate surface area is 122 Å².